The van der Waals surface area contributed by atoms with Crippen LogP contribution in [0.4, 0.5) is 5.69 Å². The number of morpholine rings is 1. The van der Waals surface area contributed by atoms with Crippen molar-refractivity contribution in [3.63, 3.8) is 0 Å². The van der Waals surface area contributed by atoms with Gasteiger partial charge in [-0.2, -0.15) is 4.48 Å². The molecule has 5 rings (SSSR count). The van der Waals surface area contributed by atoms with Crippen molar-refractivity contribution < 1.29 is 9.53 Å². The zero-order valence-corrected chi connectivity index (χ0v) is 14.9. The summed E-state index contributed by atoms with van der Waals surface area (Å²) < 4.78 is 5.84. The molecule has 3 aromatic carbocycles. The Morgan fingerprint density at radius 3 is 2.00 bits per heavy atom. The van der Waals surface area contributed by atoms with E-state index in [2.05, 4.69) is 42.5 Å². The van der Waals surface area contributed by atoms with Gasteiger partial charge in [0.05, 0.1) is 0 Å². The lowest BCUT2D eigenvalue weighted by Crippen LogP contribution is -2.59. The number of carbonyl (C=O) groups excluding carboxylic acids is 1. The SMILES string of the molecule is O=C1COCC2=Cc3ccccc3[N+]12C(c1ccccc1)c1ccccc1. The van der Waals surface area contributed by atoms with Gasteiger partial charge in [-0.15, -0.1) is 0 Å². The molecule has 2 aliphatic heterocycles. The normalized spacial score (nSPS) is 20.9. The van der Waals surface area contributed by atoms with E-state index in [1.165, 1.54) is 0 Å². The van der Waals surface area contributed by atoms with Gasteiger partial charge in [0.1, 0.15) is 12.3 Å². The van der Waals surface area contributed by atoms with Crippen molar-refractivity contribution in [2.75, 3.05) is 13.2 Å². The van der Waals surface area contributed by atoms with E-state index in [4.69, 9.17) is 4.74 Å². The Bertz CT molecular complexity index is 987. The van der Waals surface area contributed by atoms with Gasteiger partial charge in [0, 0.05) is 28.8 Å². The number of para-hydroxylation sites is 1. The molecule has 1 atom stereocenters. The molecule has 132 valence electrons. The second-order valence-electron chi connectivity index (χ2n) is 7.03. The van der Waals surface area contributed by atoms with Crippen LogP contribution < -0.4 is 4.48 Å². The van der Waals surface area contributed by atoms with Gasteiger partial charge >= 0.3 is 5.91 Å². The largest absolute Gasteiger partial charge is 0.357 e. The molecule has 1 fully saturated rings. The van der Waals surface area contributed by atoms with Crippen LogP contribution in [0.25, 0.3) is 6.08 Å². The van der Waals surface area contributed by atoms with Gasteiger partial charge in [0.25, 0.3) is 0 Å². The van der Waals surface area contributed by atoms with Crippen molar-refractivity contribution in [3.8, 4) is 0 Å². The summed E-state index contributed by atoms with van der Waals surface area (Å²) in [6.45, 7) is 0.596. The number of rotatable bonds is 3. The number of amides is 1. The van der Waals surface area contributed by atoms with Crippen molar-refractivity contribution in [2.45, 2.75) is 6.04 Å². The highest BCUT2D eigenvalue weighted by Gasteiger charge is 2.56. The number of ether oxygens (including phenoxy) is 1. The lowest BCUT2D eigenvalue weighted by molar-refractivity contribution is -0.139. The molecule has 3 aromatic rings. The molecule has 2 heterocycles. The average Bonchev–Trinajstić information content (AvgIpc) is 3.06. The van der Waals surface area contributed by atoms with E-state index in [0.29, 0.717) is 6.61 Å². The fraction of sp³-hybridized carbons (Fsp3) is 0.125. The number of fused-ring (bicyclic) bond motifs is 3. The van der Waals surface area contributed by atoms with Gasteiger partial charge in [-0.25, -0.2) is 4.79 Å². The number of hydrogen-bond acceptors (Lipinski definition) is 2. The van der Waals surface area contributed by atoms with Crippen LogP contribution in [0.5, 0.6) is 0 Å². The van der Waals surface area contributed by atoms with E-state index in [0.717, 1.165) is 28.1 Å². The van der Waals surface area contributed by atoms with E-state index in [-0.39, 0.29) is 23.0 Å². The third-order valence-corrected chi connectivity index (χ3v) is 5.58. The van der Waals surface area contributed by atoms with E-state index in [9.17, 15) is 4.79 Å². The summed E-state index contributed by atoms with van der Waals surface area (Å²) in [5, 5.41) is 0. The lowest BCUT2D eigenvalue weighted by atomic mass is 9.92. The molecule has 0 radical (unpaired) electrons. The predicted octanol–water partition coefficient (Wildman–Crippen LogP) is 4.69. The summed E-state index contributed by atoms with van der Waals surface area (Å²) in [6, 6.07) is 28.7. The van der Waals surface area contributed by atoms with Crippen LogP contribution in [-0.4, -0.2) is 19.1 Å². The van der Waals surface area contributed by atoms with Crippen LogP contribution in [0.2, 0.25) is 0 Å². The maximum atomic E-state index is 13.6. The number of quaternary nitrogens is 1. The van der Waals surface area contributed by atoms with Crippen LogP contribution in [0.3, 0.4) is 0 Å². The first-order valence-electron chi connectivity index (χ1n) is 9.22. The number of nitrogens with zero attached hydrogens (tertiary/aromatic N) is 1. The van der Waals surface area contributed by atoms with E-state index >= 15 is 0 Å². The minimum Gasteiger partial charge on any atom is -0.357 e. The van der Waals surface area contributed by atoms with Gasteiger partial charge in [0.15, 0.2) is 18.3 Å². The second kappa shape index (κ2) is 6.31. The minimum atomic E-state index is -0.140. The molecule has 1 saturated heterocycles. The minimum absolute atomic E-state index is 0.0788. The van der Waals surface area contributed by atoms with E-state index in [1.807, 2.05) is 48.5 Å². The third kappa shape index (κ3) is 2.33. The highest BCUT2D eigenvalue weighted by Crippen LogP contribution is 2.51. The molecular weight excluding hydrogens is 334 g/mol. The smallest absolute Gasteiger partial charge is 0.350 e. The fourth-order valence-electron chi connectivity index (χ4n) is 4.51. The number of carbonyl (C=O) groups is 1. The van der Waals surface area contributed by atoms with E-state index in [1.54, 1.807) is 0 Å². The summed E-state index contributed by atoms with van der Waals surface area (Å²) in [4.78, 5) is 13.6. The van der Waals surface area contributed by atoms with Crippen LogP contribution in [-0.2, 0) is 9.53 Å². The molecule has 0 N–H and O–H groups in total. The molecule has 3 heteroatoms. The molecule has 1 amide bonds. The maximum Gasteiger partial charge on any atom is 0.350 e. The summed E-state index contributed by atoms with van der Waals surface area (Å²) in [5.41, 5.74) is 5.40. The summed E-state index contributed by atoms with van der Waals surface area (Å²) in [5.74, 6) is 0.0788. The van der Waals surface area contributed by atoms with Gasteiger partial charge in [0.2, 0.25) is 0 Å². The van der Waals surface area contributed by atoms with Gasteiger partial charge in [-0.1, -0.05) is 72.8 Å². The fourth-order valence-corrected chi connectivity index (χ4v) is 4.51. The standard InChI is InChI=1S/C24H20NO2/c26-23-17-27-16-21-15-20-13-7-8-14-22(20)25(21,23)24(18-9-3-1-4-10-18)19-11-5-2-6-12-19/h1-15,24H,16-17H2/q+1. The number of benzene rings is 3. The van der Waals surface area contributed by atoms with Crippen LogP contribution >= 0.6 is 0 Å². The Balaban J connectivity index is 1.84. The van der Waals surface area contributed by atoms with Crippen molar-refractivity contribution >= 4 is 17.7 Å². The van der Waals surface area contributed by atoms with Crippen LogP contribution in [0, 0.1) is 0 Å². The zero-order valence-electron chi connectivity index (χ0n) is 14.9. The van der Waals surface area contributed by atoms with Crippen molar-refractivity contribution in [3.05, 3.63) is 107 Å². The van der Waals surface area contributed by atoms with Gasteiger partial charge in [-0.3, -0.25) is 0 Å². The molecule has 2 aliphatic rings. The molecule has 0 spiro atoms. The molecule has 0 aliphatic carbocycles. The first-order chi connectivity index (χ1) is 13.3. The topological polar surface area (TPSA) is 26.3 Å². The average molecular weight is 354 g/mol. The quantitative estimate of drug-likeness (QED) is 0.638. The molecule has 0 saturated carbocycles. The summed E-state index contributed by atoms with van der Waals surface area (Å²) in [7, 11) is 0. The lowest BCUT2D eigenvalue weighted by Gasteiger charge is -2.43. The van der Waals surface area contributed by atoms with Crippen molar-refractivity contribution in [2.24, 2.45) is 0 Å². The molecule has 0 aromatic heterocycles. The molecule has 1 unspecified atom stereocenters. The monoisotopic (exact) mass is 354 g/mol. The first-order valence-corrected chi connectivity index (χ1v) is 9.22. The second-order valence-corrected chi connectivity index (χ2v) is 7.03. The predicted molar refractivity (Wildman–Crippen MR) is 107 cm³/mol. The summed E-state index contributed by atoms with van der Waals surface area (Å²) in [6.07, 6.45) is 2.13. The van der Waals surface area contributed by atoms with Gasteiger partial charge < -0.3 is 4.74 Å². The Labute approximate surface area is 158 Å². The first kappa shape index (κ1) is 16.2. The Kier molecular flexibility index (Phi) is 3.78. The molecule has 27 heavy (non-hydrogen) atoms. The van der Waals surface area contributed by atoms with Crippen molar-refractivity contribution in [1.82, 2.24) is 4.48 Å². The molecule has 0 bridgehead atoms. The third-order valence-electron chi connectivity index (χ3n) is 5.58. The zero-order chi connectivity index (χ0) is 18.3. The Morgan fingerprint density at radius 1 is 0.741 bits per heavy atom. The highest BCUT2D eigenvalue weighted by atomic mass is 16.5. The van der Waals surface area contributed by atoms with Crippen molar-refractivity contribution in [1.29, 1.82) is 0 Å². The molecular formula is C24H20NO2+. The summed E-state index contributed by atoms with van der Waals surface area (Å²) >= 11 is 0. The van der Waals surface area contributed by atoms with Crippen LogP contribution in [0.15, 0.2) is 90.6 Å². The van der Waals surface area contributed by atoms with Gasteiger partial charge in [-0.05, 0) is 6.07 Å². The number of hydrogen-bond donors (Lipinski definition) is 0. The maximum absolute atomic E-state index is 13.6. The van der Waals surface area contributed by atoms with Crippen LogP contribution in [0.1, 0.15) is 22.7 Å². The highest BCUT2D eigenvalue weighted by molar-refractivity contribution is 6.00. The molecule has 3 nitrogen and oxygen atoms in total. The Hall–Kier alpha value is -3.01. The van der Waals surface area contributed by atoms with E-state index < -0.39 is 0 Å². The Morgan fingerprint density at radius 2 is 1.33 bits per heavy atom.